The fourth-order valence-corrected chi connectivity index (χ4v) is 2.92. The van der Waals surface area contributed by atoms with Gasteiger partial charge in [-0.25, -0.2) is 0 Å². The molecule has 2 heterocycles. The Balaban J connectivity index is 1.82. The number of nitrogens with zero attached hydrogens (tertiary/aromatic N) is 1. The van der Waals surface area contributed by atoms with Crippen molar-refractivity contribution in [2.24, 2.45) is 11.8 Å². The van der Waals surface area contributed by atoms with E-state index in [2.05, 4.69) is 4.90 Å². The first-order valence-electron chi connectivity index (χ1n) is 6.72. The van der Waals surface area contributed by atoms with Crippen LogP contribution in [0.5, 0.6) is 0 Å². The molecule has 4 atom stereocenters. The van der Waals surface area contributed by atoms with Gasteiger partial charge in [0.15, 0.2) is 0 Å². The molecule has 0 bridgehead atoms. The zero-order chi connectivity index (χ0) is 12.4. The minimum absolute atomic E-state index is 0.0130. The van der Waals surface area contributed by atoms with Crippen molar-refractivity contribution in [3.05, 3.63) is 0 Å². The molecule has 2 saturated heterocycles. The molecule has 0 radical (unpaired) electrons. The molecule has 2 fully saturated rings. The molecule has 2 unspecified atom stereocenters. The Labute approximate surface area is 103 Å². The van der Waals surface area contributed by atoms with Crippen molar-refractivity contribution in [3.8, 4) is 0 Å². The second-order valence-electron chi connectivity index (χ2n) is 5.37. The standard InChI is InChI=1S/C13H23NO3/c1-3-9(2)13(16)17-8-10-4-6-14-7-5-11(15)12(10)14/h9-12,15H,3-8H2,1-2H3/t9?,10-,11-,12?/m1/s1. The van der Waals surface area contributed by atoms with E-state index in [1.165, 1.54) is 0 Å². The first kappa shape index (κ1) is 12.8. The molecule has 2 aliphatic rings. The largest absolute Gasteiger partial charge is 0.465 e. The van der Waals surface area contributed by atoms with E-state index in [4.69, 9.17) is 4.74 Å². The summed E-state index contributed by atoms with van der Waals surface area (Å²) in [6.45, 7) is 6.38. The van der Waals surface area contributed by atoms with Gasteiger partial charge >= 0.3 is 5.97 Å². The van der Waals surface area contributed by atoms with Gasteiger partial charge in [0.2, 0.25) is 0 Å². The van der Waals surface area contributed by atoms with Gasteiger partial charge in [-0.1, -0.05) is 13.8 Å². The van der Waals surface area contributed by atoms with Crippen LogP contribution in [0.15, 0.2) is 0 Å². The lowest BCUT2D eigenvalue weighted by molar-refractivity contribution is -0.149. The summed E-state index contributed by atoms with van der Waals surface area (Å²) in [5.41, 5.74) is 0. The van der Waals surface area contributed by atoms with Crippen LogP contribution in [0.3, 0.4) is 0 Å². The van der Waals surface area contributed by atoms with Crippen LogP contribution in [0.1, 0.15) is 33.1 Å². The van der Waals surface area contributed by atoms with Gasteiger partial charge in [0.1, 0.15) is 0 Å². The first-order valence-corrected chi connectivity index (χ1v) is 6.72. The van der Waals surface area contributed by atoms with E-state index < -0.39 is 0 Å². The fourth-order valence-electron chi connectivity index (χ4n) is 2.92. The van der Waals surface area contributed by atoms with Crippen LogP contribution in [0.2, 0.25) is 0 Å². The molecule has 0 aromatic carbocycles. The van der Waals surface area contributed by atoms with E-state index in [1.54, 1.807) is 0 Å². The highest BCUT2D eigenvalue weighted by molar-refractivity contribution is 5.71. The number of aliphatic hydroxyl groups is 1. The SMILES string of the molecule is CCC(C)C(=O)OC[C@H]1CCN2CC[C@@H](O)C12. The van der Waals surface area contributed by atoms with E-state index in [-0.39, 0.29) is 24.0 Å². The quantitative estimate of drug-likeness (QED) is 0.747. The van der Waals surface area contributed by atoms with Gasteiger partial charge in [-0.3, -0.25) is 9.69 Å². The second kappa shape index (κ2) is 5.36. The van der Waals surface area contributed by atoms with E-state index in [9.17, 15) is 9.90 Å². The lowest BCUT2D eigenvalue weighted by Gasteiger charge is -2.23. The Morgan fingerprint density at radius 3 is 2.88 bits per heavy atom. The number of hydrogen-bond acceptors (Lipinski definition) is 4. The fraction of sp³-hybridized carbons (Fsp3) is 0.923. The Hall–Kier alpha value is -0.610. The topological polar surface area (TPSA) is 49.8 Å². The maximum Gasteiger partial charge on any atom is 0.308 e. The number of hydrogen-bond donors (Lipinski definition) is 1. The van der Waals surface area contributed by atoms with Crippen molar-refractivity contribution in [2.75, 3.05) is 19.7 Å². The zero-order valence-electron chi connectivity index (χ0n) is 10.8. The summed E-state index contributed by atoms with van der Waals surface area (Å²) < 4.78 is 5.36. The van der Waals surface area contributed by atoms with Crippen LogP contribution in [0.4, 0.5) is 0 Å². The number of carbonyl (C=O) groups excluding carboxylic acids is 1. The zero-order valence-corrected chi connectivity index (χ0v) is 10.8. The minimum Gasteiger partial charge on any atom is -0.465 e. The lowest BCUT2D eigenvalue weighted by Crippen LogP contribution is -2.36. The van der Waals surface area contributed by atoms with Gasteiger partial charge in [-0.15, -0.1) is 0 Å². The van der Waals surface area contributed by atoms with Crippen molar-refractivity contribution >= 4 is 5.97 Å². The molecule has 0 aliphatic carbocycles. The van der Waals surface area contributed by atoms with Gasteiger partial charge in [0, 0.05) is 18.5 Å². The predicted octanol–water partition coefficient (Wildman–Crippen LogP) is 1.03. The molecular formula is C13H23NO3. The van der Waals surface area contributed by atoms with E-state index in [1.807, 2.05) is 13.8 Å². The number of carbonyl (C=O) groups is 1. The Morgan fingerprint density at radius 2 is 2.18 bits per heavy atom. The van der Waals surface area contributed by atoms with Gasteiger partial charge in [0.05, 0.1) is 18.6 Å². The average molecular weight is 241 g/mol. The molecule has 0 saturated carbocycles. The highest BCUT2D eigenvalue weighted by atomic mass is 16.5. The van der Waals surface area contributed by atoms with Crippen LogP contribution >= 0.6 is 0 Å². The molecule has 2 aliphatic heterocycles. The van der Waals surface area contributed by atoms with Crippen molar-refractivity contribution in [3.63, 3.8) is 0 Å². The van der Waals surface area contributed by atoms with Crippen LogP contribution < -0.4 is 0 Å². The third-order valence-electron chi connectivity index (χ3n) is 4.25. The molecule has 0 aromatic heterocycles. The Morgan fingerprint density at radius 1 is 1.47 bits per heavy atom. The van der Waals surface area contributed by atoms with Crippen molar-refractivity contribution in [1.29, 1.82) is 0 Å². The van der Waals surface area contributed by atoms with Crippen molar-refractivity contribution < 1.29 is 14.6 Å². The van der Waals surface area contributed by atoms with Gasteiger partial charge in [-0.2, -0.15) is 0 Å². The second-order valence-corrected chi connectivity index (χ2v) is 5.37. The monoisotopic (exact) mass is 241 g/mol. The number of esters is 1. The molecule has 0 amide bonds. The van der Waals surface area contributed by atoms with Gasteiger partial charge in [-0.05, 0) is 25.8 Å². The number of ether oxygens (including phenoxy) is 1. The maximum atomic E-state index is 11.6. The summed E-state index contributed by atoms with van der Waals surface area (Å²) in [7, 11) is 0. The van der Waals surface area contributed by atoms with E-state index in [0.29, 0.717) is 12.5 Å². The Bertz CT molecular complexity index is 282. The van der Waals surface area contributed by atoms with Crippen molar-refractivity contribution in [1.82, 2.24) is 4.90 Å². The summed E-state index contributed by atoms with van der Waals surface area (Å²) in [6, 6.07) is 0.222. The number of rotatable bonds is 4. The summed E-state index contributed by atoms with van der Waals surface area (Å²) in [4.78, 5) is 13.9. The number of aliphatic hydroxyl groups excluding tert-OH is 1. The van der Waals surface area contributed by atoms with Crippen molar-refractivity contribution in [2.45, 2.75) is 45.3 Å². The smallest absolute Gasteiger partial charge is 0.308 e. The summed E-state index contributed by atoms with van der Waals surface area (Å²) >= 11 is 0. The summed E-state index contributed by atoms with van der Waals surface area (Å²) in [5.74, 6) is 0.208. The molecule has 0 aromatic rings. The van der Waals surface area contributed by atoms with Crippen LogP contribution in [-0.4, -0.2) is 47.8 Å². The molecule has 17 heavy (non-hydrogen) atoms. The molecular weight excluding hydrogens is 218 g/mol. The maximum absolute atomic E-state index is 11.6. The van der Waals surface area contributed by atoms with Crippen LogP contribution in [0, 0.1) is 11.8 Å². The lowest BCUT2D eigenvalue weighted by atomic mass is 9.97. The van der Waals surface area contributed by atoms with Gasteiger partial charge < -0.3 is 9.84 Å². The third kappa shape index (κ3) is 2.63. The van der Waals surface area contributed by atoms with Crippen LogP contribution in [0.25, 0.3) is 0 Å². The third-order valence-corrected chi connectivity index (χ3v) is 4.25. The Kier molecular flexibility index (Phi) is 4.05. The summed E-state index contributed by atoms with van der Waals surface area (Å²) in [6.07, 6.45) is 2.49. The molecule has 98 valence electrons. The molecule has 2 rings (SSSR count). The highest BCUT2D eigenvalue weighted by Gasteiger charge is 2.43. The van der Waals surface area contributed by atoms with E-state index in [0.717, 1.165) is 32.4 Å². The average Bonchev–Trinajstić information content (AvgIpc) is 2.89. The molecule has 0 spiro atoms. The first-order chi connectivity index (χ1) is 8.13. The molecule has 4 nitrogen and oxygen atoms in total. The van der Waals surface area contributed by atoms with E-state index >= 15 is 0 Å². The molecule has 4 heteroatoms. The molecule has 1 N–H and O–H groups in total. The predicted molar refractivity (Wildman–Crippen MR) is 64.5 cm³/mol. The normalized spacial score (nSPS) is 34.6. The van der Waals surface area contributed by atoms with Crippen LogP contribution in [-0.2, 0) is 9.53 Å². The minimum atomic E-state index is -0.232. The summed E-state index contributed by atoms with van der Waals surface area (Å²) in [5, 5.41) is 9.91. The number of fused-ring (bicyclic) bond motifs is 1. The van der Waals surface area contributed by atoms with Gasteiger partial charge in [0.25, 0.3) is 0 Å². The highest BCUT2D eigenvalue weighted by Crippen LogP contribution is 2.33.